The number of hydrogen-bond donors (Lipinski definition) is 0. The third-order valence-electron chi connectivity index (χ3n) is 8.57. The summed E-state index contributed by atoms with van der Waals surface area (Å²) in [5, 5.41) is 0. The third kappa shape index (κ3) is 6.83. The van der Waals surface area contributed by atoms with Gasteiger partial charge in [0.2, 0.25) is 5.82 Å². The Morgan fingerprint density at radius 2 is 1.50 bits per heavy atom. The smallest absolute Gasteiger partial charge is 0.200 e. The number of halogens is 2. The van der Waals surface area contributed by atoms with E-state index >= 15 is 0 Å². The van der Waals surface area contributed by atoms with Crippen LogP contribution in [0, 0.1) is 35.3 Å². The molecule has 3 aliphatic carbocycles. The van der Waals surface area contributed by atoms with Gasteiger partial charge in [-0.1, -0.05) is 51.3 Å². The fourth-order valence-corrected chi connectivity index (χ4v) is 6.16. The van der Waals surface area contributed by atoms with Crippen molar-refractivity contribution in [3.8, 4) is 5.75 Å². The first kappa shape index (κ1) is 25.7. The molecule has 2 nitrogen and oxygen atoms in total. The zero-order chi connectivity index (χ0) is 23.9. The lowest BCUT2D eigenvalue weighted by atomic mass is 9.82. The first-order chi connectivity index (χ1) is 16.5. The van der Waals surface area contributed by atoms with E-state index in [4.69, 9.17) is 9.47 Å². The highest BCUT2D eigenvalue weighted by atomic mass is 19.2. The fraction of sp³-hybridized carbons (Fsp3) is 0.733. The third-order valence-corrected chi connectivity index (χ3v) is 8.57. The summed E-state index contributed by atoms with van der Waals surface area (Å²) in [4.78, 5) is 0. The lowest BCUT2D eigenvalue weighted by molar-refractivity contribution is 0.00903. The maximum absolute atomic E-state index is 14.9. The first-order valence-electron chi connectivity index (χ1n) is 13.9. The first-order valence-corrected chi connectivity index (χ1v) is 13.9. The Labute approximate surface area is 205 Å². The van der Waals surface area contributed by atoms with Crippen molar-refractivity contribution in [1.29, 1.82) is 0 Å². The van der Waals surface area contributed by atoms with Crippen molar-refractivity contribution in [1.82, 2.24) is 0 Å². The molecule has 2 unspecified atom stereocenters. The van der Waals surface area contributed by atoms with Gasteiger partial charge in [-0.3, -0.25) is 0 Å². The Kier molecular flexibility index (Phi) is 9.45. The molecule has 0 radical (unpaired) electrons. The van der Waals surface area contributed by atoms with Gasteiger partial charge in [0.15, 0.2) is 11.6 Å². The number of hydrogen-bond acceptors (Lipinski definition) is 2. The van der Waals surface area contributed by atoms with Crippen molar-refractivity contribution in [2.45, 2.75) is 103 Å². The molecule has 0 aliphatic heterocycles. The van der Waals surface area contributed by atoms with Gasteiger partial charge in [-0.15, -0.1) is 0 Å². The molecule has 2 fully saturated rings. The minimum Gasteiger partial charge on any atom is -0.490 e. The van der Waals surface area contributed by atoms with Crippen LogP contribution in [0.4, 0.5) is 8.78 Å². The van der Waals surface area contributed by atoms with Crippen LogP contribution in [0.2, 0.25) is 0 Å². The van der Waals surface area contributed by atoms with Crippen molar-refractivity contribution >= 4 is 0 Å². The molecule has 0 saturated heterocycles. The molecule has 1 aromatic carbocycles. The Morgan fingerprint density at radius 1 is 0.794 bits per heavy atom. The van der Waals surface area contributed by atoms with Crippen LogP contribution in [0.25, 0.3) is 0 Å². The van der Waals surface area contributed by atoms with Crippen LogP contribution in [0.3, 0.4) is 0 Å². The van der Waals surface area contributed by atoms with E-state index in [0.29, 0.717) is 24.0 Å². The normalized spacial score (nSPS) is 32.0. The van der Waals surface area contributed by atoms with E-state index in [-0.39, 0.29) is 17.8 Å². The molecule has 3 aliphatic rings. The minimum absolute atomic E-state index is 0.0626. The number of ether oxygens (including phenoxy) is 2. The molecular formula is C30H44F2O2. The summed E-state index contributed by atoms with van der Waals surface area (Å²) in [6, 6.07) is 3.39. The molecule has 4 rings (SSSR count). The van der Waals surface area contributed by atoms with Crippen LogP contribution in [-0.4, -0.2) is 19.3 Å². The molecule has 0 heterocycles. The summed E-state index contributed by atoms with van der Waals surface area (Å²) in [7, 11) is 0. The SMILES string of the molecule is CCCC1C=CC(COC2CCC(c3ccc(OCC4CCC(C)CC4)c(F)c3F)CC2)CC1. The van der Waals surface area contributed by atoms with Gasteiger partial charge < -0.3 is 9.47 Å². The predicted octanol–water partition coefficient (Wildman–Crippen LogP) is 8.60. The molecule has 34 heavy (non-hydrogen) atoms. The average molecular weight is 475 g/mol. The Morgan fingerprint density at radius 3 is 2.18 bits per heavy atom. The van der Waals surface area contributed by atoms with Crippen LogP contribution in [0.5, 0.6) is 5.75 Å². The summed E-state index contributed by atoms with van der Waals surface area (Å²) in [5.41, 5.74) is 0.506. The summed E-state index contributed by atoms with van der Waals surface area (Å²) in [6.45, 7) is 5.81. The van der Waals surface area contributed by atoms with Crippen LogP contribution in [-0.2, 0) is 4.74 Å². The molecule has 190 valence electrons. The Hall–Kier alpha value is -1.42. The van der Waals surface area contributed by atoms with Crippen molar-refractivity contribution in [3.63, 3.8) is 0 Å². The Bertz CT molecular complexity index is 791. The standard InChI is InChI=1S/C30H44F2O2/c1-3-4-22-9-11-24(12-10-22)19-33-26-15-13-25(14-16-26)27-17-18-28(30(32)29(27)31)34-20-23-7-5-21(2)6-8-23/h9,11,17-18,21-26H,3-8,10,12-16,19-20H2,1-2H3. The van der Waals surface area contributed by atoms with Gasteiger partial charge in [-0.05, 0) is 93.1 Å². The highest BCUT2D eigenvalue weighted by Crippen LogP contribution is 2.38. The summed E-state index contributed by atoms with van der Waals surface area (Å²) in [6.07, 6.45) is 18.2. The quantitative estimate of drug-likeness (QED) is 0.334. The van der Waals surface area contributed by atoms with E-state index in [0.717, 1.165) is 57.0 Å². The van der Waals surface area contributed by atoms with E-state index in [1.54, 1.807) is 12.1 Å². The van der Waals surface area contributed by atoms with Crippen LogP contribution >= 0.6 is 0 Å². The van der Waals surface area contributed by atoms with E-state index in [1.807, 2.05) is 0 Å². The number of benzene rings is 1. The van der Waals surface area contributed by atoms with Crippen molar-refractivity contribution in [2.75, 3.05) is 13.2 Å². The van der Waals surface area contributed by atoms with Gasteiger partial charge in [0.25, 0.3) is 0 Å². The molecule has 0 spiro atoms. The largest absolute Gasteiger partial charge is 0.490 e. The lowest BCUT2D eigenvalue weighted by Gasteiger charge is -2.31. The molecule has 0 N–H and O–H groups in total. The van der Waals surface area contributed by atoms with E-state index < -0.39 is 11.6 Å². The van der Waals surface area contributed by atoms with Gasteiger partial charge in [0, 0.05) is 5.92 Å². The summed E-state index contributed by atoms with van der Waals surface area (Å²) in [5.74, 6) is 1.11. The molecule has 2 atom stereocenters. The monoisotopic (exact) mass is 474 g/mol. The molecule has 0 amide bonds. The summed E-state index contributed by atoms with van der Waals surface area (Å²) >= 11 is 0. The maximum Gasteiger partial charge on any atom is 0.200 e. The highest BCUT2D eigenvalue weighted by molar-refractivity contribution is 5.33. The second-order valence-corrected chi connectivity index (χ2v) is 11.3. The van der Waals surface area contributed by atoms with Gasteiger partial charge >= 0.3 is 0 Å². The van der Waals surface area contributed by atoms with Gasteiger partial charge in [-0.2, -0.15) is 4.39 Å². The lowest BCUT2D eigenvalue weighted by Crippen LogP contribution is -2.24. The van der Waals surface area contributed by atoms with Crippen molar-refractivity contribution in [3.05, 3.63) is 41.5 Å². The maximum atomic E-state index is 14.9. The molecule has 4 heteroatoms. The van der Waals surface area contributed by atoms with Crippen LogP contribution < -0.4 is 4.74 Å². The van der Waals surface area contributed by atoms with Crippen LogP contribution in [0.15, 0.2) is 24.3 Å². The Balaban J connectivity index is 1.22. The van der Waals surface area contributed by atoms with Gasteiger partial charge in [-0.25, -0.2) is 4.39 Å². The van der Waals surface area contributed by atoms with Crippen molar-refractivity contribution < 1.29 is 18.3 Å². The molecule has 2 saturated carbocycles. The second-order valence-electron chi connectivity index (χ2n) is 11.3. The van der Waals surface area contributed by atoms with Gasteiger partial charge in [0.1, 0.15) is 0 Å². The zero-order valence-electron chi connectivity index (χ0n) is 21.2. The fourth-order valence-electron chi connectivity index (χ4n) is 6.16. The highest BCUT2D eigenvalue weighted by Gasteiger charge is 2.28. The average Bonchev–Trinajstić information content (AvgIpc) is 2.86. The second kappa shape index (κ2) is 12.5. The molecular weight excluding hydrogens is 430 g/mol. The van der Waals surface area contributed by atoms with Crippen molar-refractivity contribution in [2.24, 2.45) is 23.7 Å². The molecule has 0 bridgehead atoms. The topological polar surface area (TPSA) is 18.5 Å². The number of rotatable bonds is 9. The van der Waals surface area contributed by atoms with E-state index in [2.05, 4.69) is 26.0 Å². The molecule has 1 aromatic rings. The zero-order valence-corrected chi connectivity index (χ0v) is 21.2. The predicted molar refractivity (Wildman–Crippen MR) is 134 cm³/mol. The van der Waals surface area contributed by atoms with Gasteiger partial charge in [0.05, 0.1) is 19.3 Å². The molecule has 0 aromatic heterocycles. The van der Waals surface area contributed by atoms with E-state index in [9.17, 15) is 8.78 Å². The van der Waals surface area contributed by atoms with Crippen LogP contribution in [0.1, 0.15) is 102 Å². The van der Waals surface area contributed by atoms with E-state index in [1.165, 1.54) is 38.5 Å². The number of allylic oxidation sites excluding steroid dienone is 1. The minimum atomic E-state index is -0.814. The summed E-state index contributed by atoms with van der Waals surface area (Å²) < 4.78 is 41.7.